The van der Waals surface area contributed by atoms with Crippen LogP contribution in [-0.2, 0) is 6.42 Å². The van der Waals surface area contributed by atoms with Gasteiger partial charge in [0.25, 0.3) is 5.91 Å². The lowest BCUT2D eigenvalue weighted by Crippen LogP contribution is -2.49. The van der Waals surface area contributed by atoms with E-state index < -0.39 is 0 Å². The van der Waals surface area contributed by atoms with Crippen molar-refractivity contribution < 1.29 is 4.79 Å². The third-order valence-electron chi connectivity index (χ3n) is 5.86. The van der Waals surface area contributed by atoms with Gasteiger partial charge in [-0.3, -0.25) is 9.20 Å². The maximum Gasteiger partial charge on any atom is 0.272 e. The van der Waals surface area contributed by atoms with E-state index in [0.717, 1.165) is 55.2 Å². The number of carbonyl (C=O) groups excluding carboxylic acids is 1. The molecule has 4 rings (SSSR count). The van der Waals surface area contributed by atoms with Crippen molar-refractivity contribution in [1.82, 2.24) is 14.3 Å². The van der Waals surface area contributed by atoms with Crippen LogP contribution in [0.2, 0.25) is 0 Å². The number of benzene rings is 1. The first kappa shape index (κ1) is 18.5. The summed E-state index contributed by atoms with van der Waals surface area (Å²) in [4.78, 5) is 22.4. The number of imidazole rings is 1. The van der Waals surface area contributed by atoms with Crippen molar-refractivity contribution in [2.24, 2.45) is 0 Å². The van der Waals surface area contributed by atoms with E-state index in [4.69, 9.17) is 0 Å². The van der Waals surface area contributed by atoms with E-state index in [2.05, 4.69) is 48.9 Å². The van der Waals surface area contributed by atoms with Crippen LogP contribution in [0.1, 0.15) is 39.8 Å². The number of amides is 1. The molecule has 1 aliphatic rings. The molecule has 146 valence electrons. The van der Waals surface area contributed by atoms with Crippen LogP contribution < -0.4 is 4.90 Å². The van der Waals surface area contributed by atoms with Gasteiger partial charge in [0.05, 0.1) is 5.69 Å². The third kappa shape index (κ3) is 3.15. The third-order valence-corrected chi connectivity index (χ3v) is 5.86. The number of anilines is 1. The summed E-state index contributed by atoms with van der Waals surface area (Å²) in [6.07, 6.45) is 2.77. The van der Waals surface area contributed by atoms with E-state index in [1.807, 2.05) is 34.6 Å². The maximum atomic E-state index is 13.4. The Kier molecular flexibility index (Phi) is 4.84. The van der Waals surface area contributed by atoms with E-state index in [-0.39, 0.29) is 5.91 Å². The van der Waals surface area contributed by atoms with Crippen LogP contribution in [-0.4, -0.2) is 46.4 Å². The average molecular weight is 377 g/mol. The predicted molar refractivity (Wildman–Crippen MR) is 113 cm³/mol. The molecule has 5 heteroatoms. The molecular weight excluding hydrogens is 348 g/mol. The first-order valence-corrected chi connectivity index (χ1v) is 10.1. The molecule has 1 aliphatic heterocycles. The number of hydrogen-bond acceptors (Lipinski definition) is 3. The quantitative estimate of drug-likeness (QED) is 0.698. The zero-order valence-electron chi connectivity index (χ0n) is 17.2. The Morgan fingerprint density at radius 1 is 1.04 bits per heavy atom. The van der Waals surface area contributed by atoms with Gasteiger partial charge in [0, 0.05) is 38.1 Å². The number of nitrogens with zero attached hydrogens (tertiary/aromatic N) is 4. The van der Waals surface area contributed by atoms with E-state index in [1.165, 1.54) is 16.8 Å². The fourth-order valence-corrected chi connectivity index (χ4v) is 4.05. The lowest BCUT2D eigenvalue weighted by molar-refractivity contribution is 0.0738. The number of carbonyl (C=O) groups is 1. The second kappa shape index (κ2) is 7.30. The molecule has 3 aromatic rings. The van der Waals surface area contributed by atoms with Crippen LogP contribution in [0.4, 0.5) is 5.69 Å². The highest BCUT2D eigenvalue weighted by Crippen LogP contribution is 2.25. The van der Waals surface area contributed by atoms with E-state index >= 15 is 0 Å². The van der Waals surface area contributed by atoms with Crippen LogP contribution >= 0.6 is 0 Å². The number of pyridine rings is 1. The molecule has 0 N–H and O–H groups in total. The molecule has 0 bridgehead atoms. The lowest BCUT2D eigenvalue weighted by Gasteiger charge is -2.37. The highest BCUT2D eigenvalue weighted by molar-refractivity contribution is 5.95. The Balaban J connectivity index is 1.57. The first-order valence-electron chi connectivity index (χ1n) is 10.1. The van der Waals surface area contributed by atoms with Gasteiger partial charge in [-0.15, -0.1) is 0 Å². The van der Waals surface area contributed by atoms with Gasteiger partial charge in [-0.25, -0.2) is 4.98 Å². The maximum absolute atomic E-state index is 13.4. The van der Waals surface area contributed by atoms with Crippen LogP contribution in [0.3, 0.4) is 0 Å². The normalized spacial score (nSPS) is 14.7. The van der Waals surface area contributed by atoms with Gasteiger partial charge in [-0.05, 0) is 56.0 Å². The van der Waals surface area contributed by atoms with E-state index in [1.54, 1.807) is 0 Å². The highest BCUT2D eigenvalue weighted by Gasteiger charge is 2.27. The zero-order chi connectivity index (χ0) is 19.8. The summed E-state index contributed by atoms with van der Waals surface area (Å²) < 4.78 is 1.97. The molecule has 3 heterocycles. The van der Waals surface area contributed by atoms with Crippen LogP contribution in [0.25, 0.3) is 5.65 Å². The minimum atomic E-state index is 0.0931. The largest absolute Gasteiger partial charge is 0.368 e. The number of aryl methyl sites for hydroxylation is 3. The lowest BCUT2D eigenvalue weighted by atomic mass is 10.1. The molecule has 0 radical (unpaired) electrons. The second-order valence-corrected chi connectivity index (χ2v) is 7.69. The van der Waals surface area contributed by atoms with Crippen LogP contribution in [0.15, 0.2) is 36.5 Å². The predicted octanol–water partition coefficient (Wildman–Crippen LogP) is 3.78. The van der Waals surface area contributed by atoms with Crippen molar-refractivity contribution in [2.75, 3.05) is 31.1 Å². The average Bonchev–Trinajstić information content (AvgIpc) is 3.07. The van der Waals surface area contributed by atoms with Gasteiger partial charge in [0.2, 0.25) is 0 Å². The van der Waals surface area contributed by atoms with Crippen molar-refractivity contribution in [3.63, 3.8) is 0 Å². The van der Waals surface area contributed by atoms with Gasteiger partial charge in [0.15, 0.2) is 0 Å². The number of piperazine rings is 1. The Morgan fingerprint density at radius 3 is 2.50 bits per heavy atom. The molecule has 1 saturated heterocycles. The Hall–Kier alpha value is -2.82. The summed E-state index contributed by atoms with van der Waals surface area (Å²) in [5.74, 6) is 0.0931. The Morgan fingerprint density at radius 2 is 1.79 bits per heavy atom. The van der Waals surface area contributed by atoms with Crippen molar-refractivity contribution in [3.05, 3.63) is 64.6 Å². The molecule has 0 atom stereocenters. The molecular formula is C23H28N4O. The van der Waals surface area contributed by atoms with Gasteiger partial charge < -0.3 is 9.80 Å². The van der Waals surface area contributed by atoms with E-state index in [9.17, 15) is 4.79 Å². The number of hydrogen-bond donors (Lipinski definition) is 0. The fraction of sp³-hybridized carbons (Fsp3) is 0.391. The zero-order valence-corrected chi connectivity index (χ0v) is 17.2. The molecule has 2 aromatic heterocycles. The van der Waals surface area contributed by atoms with Gasteiger partial charge in [-0.2, -0.15) is 0 Å². The number of aromatic nitrogens is 2. The summed E-state index contributed by atoms with van der Waals surface area (Å²) in [7, 11) is 0. The summed E-state index contributed by atoms with van der Waals surface area (Å²) in [5, 5.41) is 0. The van der Waals surface area contributed by atoms with E-state index in [0.29, 0.717) is 0 Å². The summed E-state index contributed by atoms with van der Waals surface area (Å²) in [6, 6.07) is 10.5. The molecule has 28 heavy (non-hydrogen) atoms. The highest BCUT2D eigenvalue weighted by atomic mass is 16.2. The second-order valence-electron chi connectivity index (χ2n) is 7.69. The molecule has 1 amide bonds. The van der Waals surface area contributed by atoms with Crippen molar-refractivity contribution in [1.29, 1.82) is 0 Å². The minimum Gasteiger partial charge on any atom is -0.368 e. The summed E-state index contributed by atoms with van der Waals surface area (Å²) in [5.41, 5.74) is 7.50. The molecule has 5 nitrogen and oxygen atoms in total. The molecule has 0 spiro atoms. The Labute approximate surface area is 166 Å². The van der Waals surface area contributed by atoms with Crippen molar-refractivity contribution in [3.8, 4) is 0 Å². The van der Waals surface area contributed by atoms with Crippen LogP contribution in [0, 0.1) is 20.8 Å². The van der Waals surface area contributed by atoms with Crippen molar-refractivity contribution >= 4 is 17.2 Å². The minimum absolute atomic E-state index is 0.0931. The monoisotopic (exact) mass is 376 g/mol. The molecule has 0 aliphatic carbocycles. The first-order chi connectivity index (χ1) is 13.5. The van der Waals surface area contributed by atoms with Gasteiger partial charge >= 0.3 is 0 Å². The van der Waals surface area contributed by atoms with Crippen molar-refractivity contribution in [2.45, 2.75) is 34.1 Å². The molecule has 0 unspecified atom stereocenters. The smallest absolute Gasteiger partial charge is 0.272 e. The SMILES string of the molecule is CCc1nc2ccc(C)cn2c1C(=O)N1CCN(c2cccc(C)c2C)CC1. The van der Waals surface area contributed by atoms with Gasteiger partial charge in [0.1, 0.15) is 11.3 Å². The summed E-state index contributed by atoms with van der Waals surface area (Å²) >= 11 is 0. The Bertz CT molecular complexity index is 1030. The molecule has 1 aromatic carbocycles. The van der Waals surface area contributed by atoms with Gasteiger partial charge in [-0.1, -0.05) is 25.1 Å². The summed E-state index contributed by atoms with van der Waals surface area (Å²) in [6.45, 7) is 11.6. The standard InChI is InChI=1S/C23H28N4O/c1-5-19-22(27-15-16(2)9-10-21(27)24-19)23(28)26-13-11-25(12-14-26)20-8-6-7-17(3)18(20)4/h6-10,15H,5,11-14H2,1-4H3. The molecule has 0 saturated carbocycles. The number of fused-ring (bicyclic) bond motifs is 1. The number of rotatable bonds is 3. The fourth-order valence-electron chi connectivity index (χ4n) is 4.05. The molecule has 1 fully saturated rings. The topological polar surface area (TPSA) is 40.9 Å². The van der Waals surface area contributed by atoms with Crippen LogP contribution in [0.5, 0.6) is 0 Å².